The van der Waals surface area contributed by atoms with Crippen LogP contribution in [0.2, 0.25) is 10.0 Å². The van der Waals surface area contributed by atoms with Crippen LogP contribution in [0.1, 0.15) is 62.5 Å². The number of carbonyl (C=O) groups is 1. The monoisotopic (exact) mass is 433 g/mol. The Morgan fingerprint density at radius 3 is 2.50 bits per heavy atom. The summed E-state index contributed by atoms with van der Waals surface area (Å²) in [5, 5.41) is 4.34. The summed E-state index contributed by atoms with van der Waals surface area (Å²) in [6, 6.07) is 12.9. The van der Waals surface area contributed by atoms with Gasteiger partial charge in [0.15, 0.2) is 0 Å². The molecule has 5 heteroatoms. The molecule has 28 heavy (non-hydrogen) atoms. The Kier molecular flexibility index (Phi) is 5.96. The van der Waals surface area contributed by atoms with Gasteiger partial charge in [0, 0.05) is 21.8 Å². The minimum Gasteiger partial charge on any atom is -0.353 e. The van der Waals surface area contributed by atoms with E-state index in [4.69, 9.17) is 23.2 Å². The zero-order valence-corrected chi connectivity index (χ0v) is 18.5. The average Bonchev–Trinajstić information content (AvgIpc) is 3.43. The van der Waals surface area contributed by atoms with Crippen LogP contribution in [0.25, 0.3) is 0 Å². The highest BCUT2D eigenvalue weighted by Crippen LogP contribution is 2.52. The van der Waals surface area contributed by atoms with Crippen molar-refractivity contribution in [1.82, 2.24) is 5.32 Å². The van der Waals surface area contributed by atoms with Gasteiger partial charge >= 0.3 is 0 Å². The molecule has 0 heterocycles. The third-order valence-corrected chi connectivity index (χ3v) is 7.98. The maximum absolute atomic E-state index is 12.4. The minimum absolute atomic E-state index is 0.0364. The van der Waals surface area contributed by atoms with E-state index < -0.39 is 0 Å². The van der Waals surface area contributed by atoms with Gasteiger partial charge in [0.2, 0.25) is 5.91 Å². The number of hydrogen-bond donors (Lipinski definition) is 1. The fourth-order valence-corrected chi connectivity index (χ4v) is 5.55. The summed E-state index contributed by atoms with van der Waals surface area (Å²) in [7, 11) is 0. The van der Waals surface area contributed by atoms with Crippen molar-refractivity contribution in [2.45, 2.75) is 67.2 Å². The van der Waals surface area contributed by atoms with Gasteiger partial charge in [0.1, 0.15) is 0 Å². The molecule has 0 radical (unpaired) electrons. The molecule has 2 aromatic carbocycles. The van der Waals surface area contributed by atoms with Crippen LogP contribution < -0.4 is 5.32 Å². The smallest absolute Gasteiger partial charge is 0.223 e. The van der Waals surface area contributed by atoms with Gasteiger partial charge in [-0.25, -0.2) is 0 Å². The molecule has 0 unspecified atom stereocenters. The van der Waals surface area contributed by atoms with Crippen LogP contribution in [0.15, 0.2) is 46.2 Å². The van der Waals surface area contributed by atoms with Crippen molar-refractivity contribution in [2.75, 3.05) is 0 Å². The second-order valence-electron chi connectivity index (χ2n) is 8.16. The third kappa shape index (κ3) is 4.08. The molecule has 0 aromatic heterocycles. The van der Waals surface area contributed by atoms with Gasteiger partial charge < -0.3 is 5.32 Å². The van der Waals surface area contributed by atoms with E-state index in [0.717, 1.165) is 29.7 Å². The quantitative estimate of drug-likeness (QED) is 0.528. The first-order chi connectivity index (χ1) is 13.5. The molecule has 2 aliphatic rings. The van der Waals surface area contributed by atoms with Crippen LogP contribution in [0, 0.1) is 5.92 Å². The second kappa shape index (κ2) is 8.30. The largest absolute Gasteiger partial charge is 0.353 e. The molecule has 0 bridgehead atoms. The zero-order valence-electron chi connectivity index (χ0n) is 16.2. The van der Waals surface area contributed by atoms with Crippen molar-refractivity contribution in [3.8, 4) is 0 Å². The molecule has 2 saturated carbocycles. The Morgan fingerprint density at radius 2 is 1.82 bits per heavy atom. The molecular formula is C23H25Cl2NOS. The van der Waals surface area contributed by atoms with Crippen LogP contribution >= 0.6 is 35.0 Å². The van der Waals surface area contributed by atoms with Gasteiger partial charge in [-0.2, -0.15) is 0 Å². The van der Waals surface area contributed by atoms with Crippen molar-refractivity contribution in [1.29, 1.82) is 0 Å². The van der Waals surface area contributed by atoms with Crippen molar-refractivity contribution < 1.29 is 4.79 Å². The number of hydrogen-bond acceptors (Lipinski definition) is 2. The Balaban J connectivity index is 1.49. The van der Waals surface area contributed by atoms with Crippen molar-refractivity contribution in [3.63, 3.8) is 0 Å². The molecule has 1 N–H and O–H groups in total. The van der Waals surface area contributed by atoms with E-state index >= 15 is 0 Å². The molecule has 2 atom stereocenters. The Hall–Kier alpha value is -1.16. The average molecular weight is 434 g/mol. The first-order valence-corrected chi connectivity index (χ1v) is 11.6. The maximum Gasteiger partial charge on any atom is 0.223 e. The number of benzene rings is 2. The fourth-order valence-electron chi connectivity index (χ4n) is 3.77. The summed E-state index contributed by atoms with van der Waals surface area (Å²) in [6.45, 7) is 4.39. The molecular weight excluding hydrogens is 409 g/mol. The second-order valence-corrected chi connectivity index (χ2v) is 10.0. The Labute approximate surface area is 181 Å². The predicted molar refractivity (Wildman–Crippen MR) is 118 cm³/mol. The normalized spacial score (nSPS) is 21.5. The highest BCUT2D eigenvalue weighted by molar-refractivity contribution is 7.99. The van der Waals surface area contributed by atoms with Crippen LogP contribution in [0.4, 0.5) is 0 Å². The highest BCUT2D eigenvalue weighted by Gasteiger charge is 2.46. The summed E-state index contributed by atoms with van der Waals surface area (Å²) in [6.07, 6.45) is 4.30. The van der Waals surface area contributed by atoms with E-state index in [1.54, 1.807) is 11.8 Å². The Morgan fingerprint density at radius 1 is 1.07 bits per heavy atom. The summed E-state index contributed by atoms with van der Waals surface area (Å²) in [5.74, 6) is 0.839. The van der Waals surface area contributed by atoms with Gasteiger partial charge in [-0.15, -0.1) is 0 Å². The number of nitrogens with one attached hydrogen (secondary N) is 1. The maximum atomic E-state index is 12.4. The van der Waals surface area contributed by atoms with E-state index in [2.05, 4.69) is 43.4 Å². The van der Waals surface area contributed by atoms with Crippen LogP contribution in [-0.4, -0.2) is 11.9 Å². The lowest BCUT2D eigenvalue weighted by atomic mass is 9.93. The van der Waals surface area contributed by atoms with E-state index in [9.17, 15) is 4.79 Å². The summed E-state index contributed by atoms with van der Waals surface area (Å²) >= 11 is 14.9. The molecule has 0 spiro atoms. The van der Waals surface area contributed by atoms with Crippen molar-refractivity contribution in [2.24, 2.45) is 5.92 Å². The lowest BCUT2D eigenvalue weighted by Gasteiger charge is -2.26. The molecule has 2 aromatic rings. The first-order valence-electron chi connectivity index (χ1n) is 10.0. The van der Waals surface area contributed by atoms with Gasteiger partial charge in [0.25, 0.3) is 0 Å². The minimum atomic E-state index is 0.0364. The van der Waals surface area contributed by atoms with Crippen LogP contribution in [-0.2, 0) is 4.79 Å². The third-order valence-electron chi connectivity index (χ3n) is 5.82. The van der Waals surface area contributed by atoms with E-state index in [0.29, 0.717) is 22.0 Å². The molecule has 148 valence electrons. The number of rotatable bonds is 6. The molecule has 2 nitrogen and oxygen atoms in total. The number of amides is 1. The lowest BCUT2D eigenvalue weighted by molar-refractivity contribution is -0.123. The Bertz CT molecular complexity index is 894. The SMILES string of the molecule is CC(C)c1ccccc1Sc1ccc([C@@H]2C[C@H]2C(=O)NC2CCC2)c(Cl)c1Cl. The van der Waals surface area contributed by atoms with E-state index in [1.807, 2.05) is 12.1 Å². The summed E-state index contributed by atoms with van der Waals surface area (Å²) in [4.78, 5) is 14.6. The predicted octanol–water partition coefficient (Wildman–Crippen LogP) is 7.04. The number of halogens is 2. The molecule has 2 fully saturated rings. The zero-order chi connectivity index (χ0) is 19.8. The van der Waals surface area contributed by atoms with Gasteiger partial charge in [-0.3, -0.25) is 4.79 Å². The van der Waals surface area contributed by atoms with Gasteiger partial charge in [-0.05, 0) is 60.8 Å². The van der Waals surface area contributed by atoms with Crippen LogP contribution in [0.3, 0.4) is 0 Å². The topological polar surface area (TPSA) is 29.1 Å². The van der Waals surface area contributed by atoms with Crippen molar-refractivity contribution in [3.05, 3.63) is 57.6 Å². The summed E-state index contributed by atoms with van der Waals surface area (Å²) < 4.78 is 0. The van der Waals surface area contributed by atoms with Crippen LogP contribution in [0.5, 0.6) is 0 Å². The molecule has 0 saturated heterocycles. The highest BCUT2D eigenvalue weighted by atomic mass is 35.5. The van der Waals surface area contributed by atoms with E-state index in [1.165, 1.54) is 16.9 Å². The number of carbonyl (C=O) groups excluding carboxylic acids is 1. The first kappa shape index (κ1) is 20.1. The summed E-state index contributed by atoms with van der Waals surface area (Å²) in [5.41, 5.74) is 2.31. The van der Waals surface area contributed by atoms with Gasteiger partial charge in [0.05, 0.1) is 10.0 Å². The molecule has 1 amide bonds. The van der Waals surface area contributed by atoms with E-state index in [-0.39, 0.29) is 17.7 Å². The van der Waals surface area contributed by atoms with Gasteiger partial charge in [-0.1, -0.05) is 73.1 Å². The van der Waals surface area contributed by atoms with Crippen molar-refractivity contribution >= 4 is 40.9 Å². The molecule has 4 rings (SSSR count). The fraction of sp³-hybridized carbons (Fsp3) is 0.435. The lowest BCUT2D eigenvalue weighted by Crippen LogP contribution is -2.40. The molecule has 0 aliphatic heterocycles. The molecule has 2 aliphatic carbocycles. The standard InChI is InChI=1S/C23H25Cl2NOS/c1-13(2)15-8-3-4-9-19(15)28-20-11-10-16(21(24)22(20)25)17-12-18(17)23(27)26-14-6-5-7-14/h3-4,8-11,13-14,17-18H,5-7,12H2,1-2H3,(H,26,27)/t17-,18+/m0/s1.